The number of rotatable bonds is 7. The lowest BCUT2D eigenvalue weighted by Crippen LogP contribution is -2.36. The summed E-state index contributed by atoms with van der Waals surface area (Å²) in [6, 6.07) is 14.4. The monoisotopic (exact) mass is 498 g/mol. The topological polar surface area (TPSA) is 85.2 Å². The number of carbonyl (C=O) groups excluding carboxylic acids is 1. The molecule has 2 aliphatic heterocycles. The van der Waals surface area contributed by atoms with Gasteiger partial charge in [-0.25, -0.2) is 9.37 Å². The summed E-state index contributed by atoms with van der Waals surface area (Å²) in [4.78, 5) is 19.9. The van der Waals surface area contributed by atoms with Crippen molar-refractivity contribution in [2.75, 3.05) is 18.1 Å². The van der Waals surface area contributed by atoms with E-state index in [2.05, 4.69) is 20.5 Å². The molecule has 1 fully saturated rings. The maximum Gasteiger partial charge on any atom is 0.260 e. The van der Waals surface area contributed by atoms with Gasteiger partial charge in [-0.2, -0.15) is 0 Å². The second-order valence-electron chi connectivity index (χ2n) is 9.61. The Morgan fingerprint density at radius 2 is 1.97 bits per heavy atom. The predicted molar refractivity (Wildman–Crippen MR) is 137 cm³/mol. The number of fused-ring (bicyclic) bond motifs is 1. The highest BCUT2D eigenvalue weighted by Gasteiger charge is 2.30. The summed E-state index contributed by atoms with van der Waals surface area (Å²) in [6.07, 6.45) is 2.96. The van der Waals surface area contributed by atoms with Gasteiger partial charge in [0, 0.05) is 43.6 Å². The molecule has 2 aromatic carbocycles. The number of benzene rings is 2. The molecule has 0 saturated carbocycles. The smallest absolute Gasteiger partial charge is 0.260 e. The Bertz CT molecular complexity index is 1500. The van der Waals surface area contributed by atoms with Crippen LogP contribution in [0.4, 0.5) is 10.2 Å². The molecule has 1 amide bonds. The van der Waals surface area contributed by atoms with Crippen LogP contribution < -0.4 is 10.2 Å². The molecule has 0 radical (unpaired) electrons. The van der Waals surface area contributed by atoms with Crippen LogP contribution in [-0.2, 0) is 24.9 Å². The van der Waals surface area contributed by atoms with Crippen LogP contribution in [0.5, 0.6) is 0 Å². The van der Waals surface area contributed by atoms with E-state index in [0.717, 1.165) is 47.5 Å². The molecule has 1 atom stereocenters. The normalized spacial score (nSPS) is 16.7. The number of anilines is 1. The molecule has 6 rings (SSSR count). The number of hydrogen-bond acceptors (Lipinski definition) is 6. The summed E-state index contributed by atoms with van der Waals surface area (Å²) in [7, 11) is 1.81. The van der Waals surface area contributed by atoms with Gasteiger partial charge in [0.2, 0.25) is 0 Å². The van der Waals surface area contributed by atoms with Gasteiger partial charge in [-0.05, 0) is 65.9 Å². The van der Waals surface area contributed by atoms with Crippen molar-refractivity contribution < 1.29 is 13.9 Å². The van der Waals surface area contributed by atoms with Crippen LogP contribution in [0.3, 0.4) is 0 Å². The second-order valence-corrected chi connectivity index (χ2v) is 9.61. The summed E-state index contributed by atoms with van der Waals surface area (Å²) in [5.74, 6) is 0.734. The highest BCUT2D eigenvalue weighted by atomic mass is 19.1. The molecule has 0 aliphatic carbocycles. The number of ether oxygens (including phenoxy) is 1. The van der Waals surface area contributed by atoms with Crippen molar-refractivity contribution in [2.45, 2.75) is 32.5 Å². The third-order valence-electron chi connectivity index (χ3n) is 6.93. The zero-order valence-corrected chi connectivity index (χ0v) is 20.7. The molecule has 1 N–H and O–H groups in total. The number of halogens is 1. The van der Waals surface area contributed by atoms with Gasteiger partial charge < -0.3 is 14.6 Å². The Kier molecular flexibility index (Phi) is 6.02. The number of amides is 1. The van der Waals surface area contributed by atoms with Gasteiger partial charge in [0.1, 0.15) is 18.0 Å². The highest BCUT2D eigenvalue weighted by Crippen LogP contribution is 2.35. The van der Waals surface area contributed by atoms with E-state index in [1.807, 2.05) is 44.3 Å². The Morgan fingerprint density at radius 1 is 1.11 bits per heavy atom. The molecule has 0 bridgehead atoms. The van der Waals surface area contributed by atoms with Crippen LogP contribution in [0.25, 0.3) is 22.5 Å². The van der Waals surface area contributed by atoms with Crippen molar-refractivity contribution in [3.63, 3.8) is 0 Å². The molecule has 1 unspecified atom stereocenters. The van der Waals surface area contributed by atoms with Crippen molar-refractivity contribution in [3.8, 4) is 22.5 Å². The summed E-state index contributed by atoms with van der Waals surface area (Å²) in [6.45, 7) is 4.73. The van der Waals surface area contributed by atoms with Crippen molar-refractivity contribution in [2.24, 2.45) is 7.05 Å². The second kappa shape index (κ2) is 9.49. The molecule has 0 spiro atoms. The third kappa shape index (κ3) is 4.52. The molecule has 4 heterocycles. The van der Waals surface area contributed by atoms with Crippen LogP contribution in [-0.4, -0.2) is 44.9 Å². The number of hydrogen-bond donors (Lipinski definition) is 1. The lowest BCUT2D eigenvalue weighted by molar-refractivity contribution is -0.0484. The molecule has 188 valence electrons. The number of carbonyl (C=O) groups is 1. The average Bonchev–Trinajstić information content (AvgIpc) is 3.43. The molecule has 37 heavy (non-hydrogen) atoms. The van der Waals surface area contributed by atoms with Gasteiger partial charge in [0.05, 0.1) is 12.6 Å². The third-order valence-corrected chi connectivity index (χ3v) is 6.93. The zero-order chi connectivity index (χ0) is 25.5. The van der Waals surface area contributed by atoms with Crippen LogP contribution in [0.2, 0.25) is 0 Å². The summed E-state index contributed by atoms with van der Waals surface area (Å²) in [5, 5.41) is 11.5. The quantitative estimate of drug-likeness (QED) is 0.414. The van der Waals surface area contributed by atoms with E-state index in [9.17, 15) is 9.18 Å². The minimum Gasteiger partial charge on any atom is -0.377 e. The Balaban J connectivity index is 1.28. The predicted octanol–water partition coefficient (Wildman–Crippen LogP) is 4.03. The first-order chi connectivity index (χ1) is 18.0. The standard InChI is InChI=1S/C28H27FN6O2/c1-17-9-18(13-30-14-22-7-8-37-22)10-26(32-17)35-15-20-4-3-19(11-24(20)28(35)36)23-6-5-21(29)12-25(23)27-33-31-16-34(27)2/h3-6,9-12,16,22,30H,7-8,13-15H2,1-2H3. The van der Waals surface area contributed by atoms with Gasteiger partial charge in [-0.3, -0.25) is 9.69 Å². The van der Waals surface area contributed by atoms with Gasteiger partial charge in [0.15, 0.2) is 5.82 Å². The van der Waals surface area contributed by atoms with E-state index in [1.165, 1.54) is 12.1 Å². The van der Waals surface area contributed by atoms with E-state index >= 15 is 0 Å². The molecule has 8 nitrogen and oxygen atoms in total. The van der Waals surface area contributed by atoms with Crippen molar-refractivity contribution >= 4 is 11.7 Å². The molecule has 4 aromatic rings. The van der Waals surface area contributed by atoms with Crippen molar-refractivity contribution in [1.29, 1.82) is 0 Å². The Labute approximate surface area is 214 Å². The maximum absolute atomic E-state index is 14.2. The van der Waals surface area contributed by atoms with Crippen LogP contribution >= 0.6 is 0 Å². The van der Waals surface area contributed by atoms with E-state index in [-0.39, 0.29) is 11.7 Å². The fourth-order valence-corrected chi connectivity index (χ4v) is 4.92. The molecule has 1 saturated heterocycles. The van der Waals surface area contributed by atoms with E-state index in [4.69, 9.17) is 4.74 Å². The summed E-state index contributed by atoms with van der Waals surface area (Å²) in [5.41, 5.74) is 5.70. The summed E-state index contributed by atoms with van der Waals surface area (Å²) < 4.78 is 21.4. The van der Waals surface area contributed by atoms with Gasteiger partial charge in [0.25, 0.3) is 5.91 Å². The average molecular weight is 499 g/mol. The maximum atomic E-state index is 14.2. The van der Waals surface area contributed by atoms with Crippen molar-refractivity contribution in [1.82, 2.24) is 25.1 Å². The number of nitrogens with zero attached hydrogens (tertiary/aromatic N) is 5. The van der Waals surface area contributed by atoms with Gasteiger partial charge in [-0.1, -0.05) is 18.2 Å². The molecular formula is C28H27FN6O2. The first-order valence-electron chi connectivity index (χ1n) is 12.4. The minimum absolute atomic E-state index is 0.0981. The Hall–Kier alpha value is -3.95. The molecule has 9 heteroatoms. The lowest BCUT2D eigenvalue weighted by atomic mass is 9.96. The van der Waals surface area contributed by atoms with E-state index in [0.29, 0.717) is 42.0 Å². The van der Waals surface area contributed by atoms with E-state index < -0.39 is 0 Å². The fraction of sp³-hybridized carbons (Fsp3) is 0.286. The lowest BCUT2D eigenvalue weighted by Gasteiger charge is -2.26. The van der Waals surface area contributed by atoms with Gasteiger partial charge >= 0.3 is 0 Å². The number of aryl methyl sites for hydroxylation is 2. The number of pyridine rings is 1. The fourth-order valence-electron chi connectivity index (χ4n) is 4.92. The van der Waals surface area contributed by atoms with Crippen LogP contribution in [0.15, 0.2) is 54.9 Å². The van der Waals surface area contributed by atoms with Crippen molar-refractivity contribution in [3.05, 3.63) is 83.1 Å². The molecule has 2 aromatic heterocycles. The number of aromatic nitrogens is 4. The molecular weight excluding hydrogens is 471 g/mol. The SMILES string of the molecule is Cc1cc(CNCC2CCO2)cc(N2Cc3ccc(-c4ccc(F)cc4-c4nncn4C)cc3C2=O)n1. The number of nitrogens with one attached hydrogen (secondary N) is 1. The first-order valence-corrected chi connectivity index (χ1v) is 12.4. The largest absolute Gasteiger partial charge is 0.377 e. The van der Waals surface area contributed by atoms with Crippen LogP contribution in [0.1, 0.15) is 33.6 Å². The molecule has 2 aliphatic rings. The highest BCUT2D eigenvalue weighted by molar-refractivity contribution is 6.10. The zero-order valence-electron chi connectivity index (χ0n) is 20.7. The van der Waals surface area contributed by atoms with Gasteiger partial charge in [-0.15, -0.1) is 10.2 Å². The first kappa shape index (κ1) is 23.4. The Morgan fingerprint density at radius 3 is 2.73 bits per heavy atom. The van der Waals surface area contributed by atoms with Crippen LogP contribution in [0, 0.1) is 12.7 Å². The van der Waals surface area contributed by atoms with E-state index in [1.54, 1.807) is 21.9 Å². The summed E-state index contributed by atoms with van der Waals surface area (Å²) >= 11 is 0. The minimum atomic E-state index is -0.360.